The summed E-state index contributed by atoms with van der Waals surface area (Å²) >= 11 is 0. The molecule has 0 saturated carbocycles. The third-order valence-corrected chi connectivity index (χ3v) is 1.64. The van der Waals surface area contributed by atoms with Crippen LogP contribution >= 0.6 is 0 Å². The predicted octanol–water partition coefficient (Wildman–Crippen LogP) is 1.27. The van der Waals surface area contributed by atoms with Crippen molar-refractivity contribution in [2.24, 2.45) is 0 Å². The van der Waals surface area contributed by atoms with Gasteiger partial charge in [-0.1, -0.05) is 0 Å². The second kappa shape index (κ2) is 2.90. The molecule has 3 heteroatoms. The van der Waals surface area contributed by atoms with Crippen LogP contribution < -0.4 is 0 Å². The monoisotopic (exact) mass is 168 g/mol. The Balaban J connectivity index is 2.82. The van der Waals surface area contributed by atoms with Crippen LogP contribution in [0.3, 0.4) is 0 Å². The molecule has 0 spiro atoms. The summed E-state index contributed by atoms with van der Waals surface area (Å²) in [6, 6.07) is 2.01. The summed E-state index contributed by atoms with van der Waals surface area (Å²) in [5, 5.41) is 13.8. The van der Waals surface area contributed by atoms with Crippen LogP contribution in [-0.2, 0) is 6.54 Å². The zero-order valence-electron chi connectivity index (χ0n) is 8.13. The lowest BCUT2D eigenvalue weighted by Crippen LogP contribution is -2.27. The molecule has 0 aliphatic rings. The molecule has 0 aliphatic carbocycles. The summed E-state index contributed by atoms with van der Waals surface area (Å²) in [4.78, 5) is 0. The second-order valence-corrected chi connectivity index (χ2v) is 3.90. The molecule has 0 amide bonds. The molecule has 3 nitrogen and oxygen atoms in total. The Labute approximate surface area is 73.0 Å². The van der Waals surface area contributed by atoms with Crippen molar-refractivity contribution in [3.63, 3.8) is 0 Å². The van der Waals surface area contributed by atoms with E-state index in [1.807, 2.05) is 24.6 Å². The molecule has 0 aliphatic heterocycles. The van der Waals surface area contributed by atoms with Gasteiger partial charge in [0.05, 0.1) is 17.8 Å². The molecule has 68 valence electrons. The first-order valence-electron chi connectivity index (χ1n) is 4.12. The Morgan fingerprint density at radius 1 is 1.50 bits per heavy atom. The van der Waals surface area contributed by atoms with Crippen LogP contribution in [0.4, 0.5) is 0 Å². The van der Waals surface area contributed by atoms with Gasteiger partial charge >= 0.3 is 0 Å². The lowest BCUT2D eigenvalue weighted by Gasteiger charge is -2.17. The highest BCUT2D eigenvalue weighted by Gasteiger charge is 2.14. The summed E-state index contributed by atoms with van der Waals surface area (Å²) in [7, 11) is 0. The van der Waals surface area contributed by atoms with Gasteiger partial charge in [0.2, 0.25) is 0 Å². The van der Waals surface area contributed by atoms with Crippen molar-refractivity contribution in [2.75, 3.05) is 0 Å². The molecule has 0 fully saturated rings. The van der Waals surface area contributed by atoms with Gasteiger partial charge in [-0.3, -0.25) is 4.68 Å². The highest BCUT2D eigenvalue weighted by molar-refractivity contribution is 5.06. The number of hydrogen-bond donors (Lipinski definition) is 1. The molecule has 1 rings (SSSR count). The van der Waals surface area contributed by atoms with Crippen LogP contribution in [0.2, 0.25) is 0 Å². The molecule has 0 bridgehead atoms. The van der Waals surface area contributed by atoms with Crippen LogP contribution in [0.15, 0.2) is 6.07 Å². The van der Waals surface area contributed by atoms with Gasteiger partial charge in [-0.15, -0.1) is 0 Å². The van der Waals surface area contributed by atoms with Gasteiger partial charge in [-0.2, -0.15) is 5.10 Å². The van der Waals surface area contributed by atoms with Crippen molar-refractivity contribution in [3.8, 4) is 0 Å². The molecule has 0 saturated heterocycles. The molecule has 0 unspecified atom stereocenters. The fraction of sp³-hybridized carbons (Fsp3) is 0.667. The Morgan fingerprint density at radius 3 is 2.42 bits per heavy atom. The molecule has 0 aromatic carbocycles. The van der Waals surface area contributed by atoms with E-state index in [0.717, 1.165) is 11.4 Å². The molecule has 1 aromatic heterocycles. The van der Waals surface area contributed by atoms with Crippen LogP contribution in [-0.4, -0.2) is 20.5 Å². The largest absolute Gasteiger partial charge is 0.389 e. The van der Waals surface area contributed by atoms with Gasteiger partial charge < -0.3 is 5.11 Å². The number of hydrogen-bond acceptors (Lipinski definition) is 2. The summed E-state index contributed by atoms with van der Waals surface area (Å²) in [6.45, 7) is 8.05. The van der Waals surface area contributed by atoms with Crippen molar-refractivity contribution >= 4 is 0 Å². The van der Waals surface area contributed by atoms with Crippen LogP contribution in [0, 0.1) is 13.8 Å². The van der Waals surface area contributed by atoms with E-state index in [2.05, 4.69) is 5.10 Å². The maximum absolute atomic E-state index is 9.54. The minimum Gasteiger partial charge on any atom is -0.389 e. The van der Waals surface area contributed by atoms with E-state index < -0.39 is 5.60 Å². The highest BCUT2D eigenvalue weighted by atomic mass is 16.3. The van der Waals surface area contributed by atoms with Crippen molar-refractivity contribution in [1.82, 2.24) is 9.78 Å². The molecule has 0 radical (unpaired) electrons. The summed E-state index contributed by atoms with van der Waals surface area (Å²) in [5.74, 6) is 0. The third kappa shape index (κ3) is 2.34. The maximum atomic E-state index is 9.54. The number of nitrogens with zero attached hydrogens (tertiary/aromatic N) is 2. The van der Waals surface area contributed by atoms with Gasteiger partial charge in [-0.25, -0.2) is 0 Å². The summed E-state index contributed by atoms with van der Waals surface area (Å²) < 4.78 is 1.83. The molecule has 1 N–H and O–H groups in total. The van der Waals surface area contributed by atoms with Gasteiger partial charge in [0.15, 0.2) is 0 Å². The first-order valence-corrected chi connectivity index (χ1v) is 4.12. The molecular weight excluding hydrogens is 152 g/mol. The highest BCUT2D eigenvalue weighted by Crippen LogP contribution is 2.08. The van der Waals surface area contributed by atoms with Crippen molar-refractivity contribution in [3.05, 3.63) is 17.5 Å². The fourth-order valence-electron chi connectivity index (χ4n) is 1.20. The van der Waals surface area contributed by atoms with Gasteiger partial charge in [-0.05, 0) is 33.8 Å². The van der Waals surface area contributed by atoms with Gasteiger partial charge in [0.1, 0.15) is 0 Å². The van der Waals surface area contributed by atoms with Crippen molar-refractivity contribution in [2.45, 2.75) is 39.8 Å². The molecule has 12 heavy (non-hydrogen) atoms. The minimum absolute atomic E-state index is 0.548. The van der Waals surface area contributed by atoms with Crippen molar-refractivity contribution < 1.29 is 5.11 Å². The van der Waals surface area contributed by atoms with E-state index >= 15 is 0 Å². The van der Waals surface area contributed by atoms with Crippen LogP contribution in [0.5, 0.6) is 0 Å². The quantitative estimate of drug-likeness (QED) is 0.722. The zero-order valence-corrected chi connectivity index (χ0v) is 8.13. The van der Waals surface area contributed by atoms with Gasteiger partial charge in [0, 0.05) is 5.69 Å². The topological polar surface area (TPSA) is 38.0 Å². The maximum Gasteiger partial charge on any atom is 0.0786 e. The average Bonchev–Trinajstić information content (AvgIpc) is 2.06. The SMILES string of the molecule is Cc1cc(C)n(CC(C)(C)O)n1. The smallest absolute Gasteiger partial charge is 0.0786 e. The lowest BCUT2D eigenvalue weighted by molar-refractivity contribution is 0.0570. The summed E-state index contributed by atoms with van der Waals surface area (Å²) in [6.07, 6.45) is 0. The molecule has 0 atom stereocenters. The van der Waals surface area contributed by atoms with Crippen LogP contribution in [0.1, 0.15) is 25.2 Å². The molecular formula is C9H16N2O. The second-order valence-electron chi connectivity index (χ2n) is 3.90. The fourth-order valence-corrected chi connectivity index (χ4v) is 1.20. The van der Waals surface area contributed by atoms with E-state index in [1.54, 1.807) is 13.8 Å². The van der Waals surface area contributed by atoms with E-state index in [-0.39, 0.29) is 0 Å². The number of aryl methyl sites for hydroxylation is 2. The number of aliphatic hydroxyl groups is 1. The number of aromatic nitrogens is 2. The first kappa shape index (κ1) is 9.26. The van der Waals surface area contributed by atoms with E-state index in [1.165, 1.54) is 0 Å². The third-order valence-electron chi connectivity index (χ3n) is 1.64. The molecule has 1 aromatic rings. The average molecular weight is 168 g/mol. The zero-order chi connectivity index (χ0) is 9.35. The minimum atomic E-state index is -0.691. The normalized spacial score (nSPS) is 12.1. The Morgan fingerprint density at radius 2 is 2.08 bits per heavy atom. The van der Waals surface area contributed by atoms with E-state index in [9.17, 15) is 5.11 Å². The Kier molecular flexibility index (Phi) is 2.24. The van der Waals surface area contributed by atoms with E-state index in [0.29, 0.717) is 6.54 Å². The predicted molar refractivity (Wildman–Crippen MR) is 48.0 cm³/mol. The van der Waals surface area contributed by atoms with Crippen molar-refractivity contribution in [1.29, 1.82) is 0 Å². The van der Waals surface area contributed by atoms with E-state index in [4.69, 9.17) is 0 Å². The Bertz CT molecular complexity index is 271. The standard InChI is InChI=1S/C9H16N2O/c1-7-5-8(2)11(10-7)6-9(3,4)12/h5,12H,6H2,1-4H3. The van der Waals surface area contributed by atoms with Gasteiger partial charge in [0.25, 0.3) is 0 Å². The lowest BCUT2D eigenvalue weighted by atomic mass is 10.1. The first-order chi connectivity index (χ1) is 5.38. The van der Waals surface area contributed by atoms with Crippen LogP contribution in [0.25, 0.3) is 0 Å². The summed E-state index contributed by atoms with van der Waals surface area (Å²) in [5.41, 5.74) is 1.40. The number of rotatable bonds is 2. The molecule has 1 heterocycles. The Hall–Kier alpha value is -0.830.